The highest BCUT2D eigenvalue weighted by Crippen LogP contribution is 2.21. The van der Waals surface area contributed by atoms with Crippen molar-refractivity contribution in [1.82, 2.24) is 10.0 Å². The summed E-state index contributed by atoms with van der Waals surface area (Å²) in [5.41, 5.74) is 0.712. The summed E-state index contributed by atoms with van der Waals surface area (Å²) >= 11 is 0. The van der Waals surface area contributed by atoms with Gasteiger partial charge in [0.2, 0.25) is 15.9 Å². The second-order valence-corrected chi connectivity index (χ2v) is 6.48. The minimum Gasteiger partial charge on any atom is -0.496 e. The van der Waals surface area contributed by atoms with E-state index in [4.69, 9.17) is 4.74 Å². The Bertz CT molecular complexity index is 599. The zero-order chi connectivity index (χ0) is 16.0. The lowest BCUT2D eigenvalue weighted by molar-refractivity contribution is -0.122. The molecule has 0 saturated carbocycles. The lowest BCUT2D eigenvalue weighted by atomic mass is 10.2. The molecule has 0 bridgehead atoms. The van der Waals surface area contributed by atoms with E-state index in [0.29, 0.717) is 17.9 Å². The van der Waals surface area contributed by atoms with Crippen LogP contribution in [0.5, 0.6) is 5.75 Å². The molecule has 0 fully saturated rings. The van der Waals surface area contributed by atoms with Crippen molar-refractivity contribution in [2.45, 2.75) is 38.1 Å². The molecular weight excluding hydrogens is 292 g/mol. The maximum absolute atomic E-state index is 12.2. The van der Waals surface area contributed by atoms with Gasteiger partial charge in [-0.15, -0.1) is 0 Å². The van der Waals surface area contributed by atoms with Crippen molar-refractivity contribution < 1.29 is 17.9 Å². The van der Waals surface area contributed by atoms with Gasteiger partial charge in [-0.05, 0) is 44.0 Å². The standard InChI is InChI=1S/C14H22N2O4S/c1-5-8-15-14(17)11(3)16-21(18,19)12-6-7-13(20-4)10(2)9-12/h6-7,9,11,16H,5,8H2,1-4H3,(H,15,17). The largest absolute Gasteiger partial charge is 0.496 e. The average molecular weight is 314 g/mol. The van der Waals surface area contributed by atoms with E-state index in [2.05, 4.69) is 10.0 Å². The average Bonchev–Trinajstić information content (AvgIpc) is 2.44. The molecule has 1 unspecified atom stereocenters. The summed E-state index contributed by atoms with van der Waals surface area (Å²) in [6.45, 7) is 5.72. The van der Waals surface area contributed by atoms with Crippen molar-refractivity contribution in [3.05, 3.63) is 23.8 Å². The van der Waals surface area contributed by atoms with Crippen LogP contribution in [0.2, 0.25) is 0 Å². The van der Waals surface area contributed by atoms with Gasteiger partial charge in [-0.3, -0.25) is 4.79 Å². The van der Waals surface area contributed by atoms with E-state index in [9.17, 15) is 13.2 Å². The SMILES string of the molecule is CCCNC(=O)C(C)NS(=O)(=O)c1ccc(OC)c(C)c1. The van der Waals surface area contributed by atoms with E-state index in [0.717, 1.165) is 6.42 Å². The van der Waals surface area contributed by atoms with Gasteiger partial charge in [0, 0.05) is 6.54 Å². The molecule has 0 aliphatic carbocycles. The minimum atomic E-state index is -3.74. The molecule has 6 nitrogen and oxygen atoms in total. The first kappa shape index (κ1) is 17.5. The van der Waals surface area contributed by atoms with Gasteiger partial charge in [-0.1, -0.05) is 6.92 Å². The number of benzene rings is 1. The van der Waals surface area contributed by atoms with E-state index in [1.165, 1.54) is 26.2 Å². The quantitative estimate of drug-likeness (QED) is 0.792. The molecule has 0 saturated heterocycles. The Labute approximate surface area is 125 Å². The third kappa shape index (κ3) is 4.71. The van der Waals surface area contributed by atoms with E-state index in [1.807, 2.05) is 6.92 Å². The lowest BCUT2D eigenvalue weighted by Gasteiger charge is -2.15. The van der Waals surface area contributed by atoms with E-state index < -0.39 is 16.1 Å². The van der Waals surface area contributed by atoms with E-state index in [1.54, 1.807) is 13.0 Å². The maximum Gasteiger partial charge on any atom is 0.241 e. The van der Waals surface area contributed by atoms with Crippen LogP contribution in [0.3, 0.4) is 0 Å². The molecule has 0 aliphatic heterocycles. The number of nitrogens with one attached hydrogen (secondary N) is 2. The first-order valence-electron chi connectivity index (χ1n) is 6.76. The molecule has 7 heteroatoms. The smallest absolute Gasteiger partial charge is 0.241 e. The zero-order valence-electron chi connectivity index (χ0n) is 12.8. The Hall–Kier alpha value is -1.60. The third-order valence-corrected chi connectivity index (χ3v) is 4.49. The molecule has 2 N–H and O–H groups in total. The summed E-state index contributed by atoms with van der Waals surface area (Å²) in [6, 6.07) is 3.72. The van der Waals surface area contributed by atoms with Crippen LogP contribution in [0.4, 0.5) is 0 Å². The Morgan fingerprint density at radius 2 is 2.05 bits per heavy atom. The summed E-state index contributed by atoms with van der Waals surface area (Å²) in [6.07, 6.45) is 0.795. The van der Waals surface area contributed by atoms with Gasteiger partial charge in [0.15, 0.2) is 0 Å². The number of methoxy groups -OCH3 is 1. The molecule has 1 aromatic carbocycles. The molecule has 1 amide bonds. The predicted molar refractivity (Wildman–Crippen MR) is 80.8 cm³/mol. The molecule has 0 spiro atoms. The molecule has 118 valence electrons. The summed E-state index contributed by atoms with van der Waals surface area (Å²) in [5.74, 6) is 0.272. The predicted octanol–water partition coefficient (Wildman–Crippen LogP) is 1.20. The first-order chi connectivity index (χ1) is 9.81. The third-order valence-electron chi connectivity index (χ3n) is 2.95. The molecule has 0 aromatic heterocycles. The van der Waals surface area contributed by atoms with Crippen molar-refractivity contribution >= 4 is 15.9 Å². The Morgan fingerprint density at radius 1 is 1.38 bits per heavy atom. The Kier molecular flexibility index (Phi) is 6.17. The molecule has 1 atom stereocenters. The van der Waals surface area contributed by atoms with Gasteiger partial charge in [0.1, 0.15) is 5.75 Å². The van der Waals surface area contributed by atoms with Gasteiger partial charge in [0.25, 0.3) is 0 Å². The van der Waals surface area contributed by atoms with Gasteiger partial charge in [-0.2, -0.15) is 4.72 Å². The summed E-state index contributed by atoms with van der Waals surface area (Å²) < 4.78 is 31.9. The van der Waals surface area contributed by atoms with Crippen molar-refractivity contribution in [3.63, 3.8) is 0 Å². The first-order valence-corrected chi connectivity index (χ1v) is 8.24. The fourth-order valence-electron chi connectivity index (χ4n) is 1.77. The number of rotatable bonds is 7. The van der Waals surface area contributed by atoms with E-state index >= 15 is 0 Å². The molecule has 0 heterocycles. The molecule has 1 rings (SSSR count). The number of sulfonamides is 1. The molecule has 0 aliphatic rings. The highest BCUT2D eigenvalue weighted by Gasteiger charge is 2.22. The second kappa shape index (κ2) is 7.42. The number of ether oxygens (including phenoxy) is 1. The van der Waals surface area contributed by atoms with Crippen molar-refractivity contribution in [2.24, 2.45) is 0 Å². The molecular formula is C14H22N2O4S. The fraction of sp³-hybridized carbons (Fsp3) is 0.500. The van der Waals surface area contributed by atoms with Crippen LogP contribution in [0.15, 0.2) is 23.1 Å². The highest BCUT2D eigenvalue weighted by molar-refractivity contribution is 7.89. The van der Waals surface area contributed by atoms with Crippen molar-refractivity contribution in [3.8, 4) is 5.75 Å². The molecule has 21 heavy (non-hydrogen) atoms. The lowest BCUT2D eigenvalue weighted by Crippen LogP contribution is -2.44. The van der Waals surface area contributed by atoms with E-state index in [-0.39, 0.29) is 10.8 Å². The fourth-order valence-corrected chi connectivity index (χ4v) is 3.06. The van der Waals surface area contributed by atoms with Crippen LogP contribution in [0, 0.1) is 6.92 Å². The van der Waals surface area contributed by atoms with Crippen LogP contribution >= 0.6 is 0 Å². The second-order valence-electron chi connectivity index (χ2n) is 4.77. The number of amides is 1. The zero-order valence-corrected chi connectivity index (χ0v) is 13.6. The van der Waals surface area contributed by atoms with Crippen LogP contribution in [0.1, 0.15) is 25.8 Å². The Morgan fingerprint density at radius 3 is 2.57 bits per heavy atom. The summed E-state index contributed by atoms with van der Waals surface area (Å²) in [7, 11) is -2.22. The monoisotopic (exact) mass is 314 g/mol. The van der Waals surface area contributed by atoms with Gasteiger partial charge in [-0.25, -0.2) is 8.42 Å². The topological polar surface area (TPSA) is 84.5 Å². The van der Waals surface area contributed by atoms with Gasteiger partial charge in [0.05, 0.1) is 18.0 Å². The maximum atomic E-state index is 12.2. The highest BCUT2D eigenvalue weighted by atomic mass is 32.2. The van der Waals surface area contributed by atoms with Crippen molar-refractivity contribution in [1.29, 1.82) is 0 Å². The van der Waals surface area contributed by atoms with Gasteiger partial charge >= 0.3 is 0 Å². The van der Waals surface area contributed by atoms with Crippen LogP contribution < -0.4 is 14.8 Å². The van der Waals surface area contributed by atoms with Crippen LogP contribution in [-0.4, -0.2) is 34.0 Å². The molecule has 1 aromatic rings. The van der Waals surface area contributed by atoms with Crippen molar-refractivity contribution in [2.75, 3.05) is 13.7 Å². The number of hydrogen-bond donors (Lipinski definition) is 2. The number of hydrogen-bond acceptors (Lipinski definition) is 4. The number of carbonyl (C=O) groups is 1. The number of carbonyl (C=O) groups excluding carboxylic acids is 1. The van der Waals surface area contributed by atoms with Crippen LogP contribution in [0.25, 0.3) is 0 Å². The Balaban J connectivity index is 2.86. The normalized spacial score (nSPS) is 12.8. The molecule has 0 radical (unpaired) electrons. The minimum absolute atomic E-state index is 0.107. The number of aryl methyl sites for hydroxylation is 1. The summed E-state index contributed by atoms with van der Waals surface area (Å²) in [5, 5.41) is 2.65. The summed E-state index contributed by atoms with van der Waals surface area (Å²) in [4.78, 5) is 11.8. The van der Waals surface area contributed by atoms with Gasteiger partial charge < -0.3 is 10.1 Å². The van der Waals surface area contributed by atoms with Crippen LogP contribution in [-0.2, 0) is 14.8 Å².